The summed E-state index contributed by atoms with van der Waals surface area (Å²) in [5, 5.41) is 17.3. The first-order chi connectivity index (χ1) is 17.5. The number of carbonyl (C=O) groups is 1. The van der Waals surface area contributed by atoms with E-state index in [0.29, 0.717) is 24.2 Å². The van der Waals surface area contributed by atoms with Gasteiger partial charge < -0.3 is 9.30 Å². The second-order valence-corrected chi connectivity index (χ2v) is 9.92. The fourth-order valence-electron chi connectivity index (χ4n) is 4.51. The van der Waals surface area contributed by atoms with Crippen molar-refractivity contribution in [3.8, 4) is 5.75 Å². The van der Waals surface area contributed by atoms with Crippen LogP contribution in [0.15, 0.2) is 70.4 Å². The summed E-state index contributed by atoms with van der Waals surface area (Å²) >= 11 is 1.40. The highest BCUT2D eigenvalue weighted by molar-refractivity contribution is 8.27. The van der Waals surface area contributed by atoms with Gasteiger partial charge in [-0.25, -0.2) is 0 Å². The Morgan fingerprint density at radius 3 is 2.72 bits per heavy atom. The lowest BCUT2D eigenvalue weighted by molar-refractivity contribution is -0.114. The number of aromatic nitrogens is 1. The van der Waals surface area contributed by atoms with Crippen LogP contribution >= 0.6 is 11.8 Å². The minimum Gasteiger partial charge on any atom is -0.492 e. The van der Waals surface area contributed by atoms with Gasteiger partial charge in [0.25, 0.3) is 5.91 Å². The van der Waals surface area contributed by atoms with Gasteiger partial charge in [-0.2, -0.15) is 15.1 Å². The lowest BCUT2D eigenvalue weighted by Crippen LogP contribution is -2.35. The largest absolute Gasteiger partial charge is 0.492 e. The minimum atomic E-state index is -0.403. The van der Waals surface area contributed by atoms with E-state index < -0.39 is 5.91 Å². The highest BCUT2D eigenvalue weighted by atomic mass is 32.2. The van der Waals surface area contributed by atoms with Crippen molar-refractivity contribution in [2.24, 2.45) is 16.0 Å². The zero-order valence-electron chi connectivity index (χ0n) is 20.7. The van der Waals surface area contributed by atoms with E-state index in [2.05, 4.69) is 34.6 Å². The molecule has 3 heterocycles. The maximum Gasteiger partial charge on any atom is 0.283 e. The number of hydrogen-bond donors (Lipinski definition) is 1. The number of aryl methyl sites for hydroxylation is 1. The molecule has 36 heavy (non-hydrogen) atoms. The summed E-state index contributed by atoms with van der Waals surface area (Å²) in [6.45, 7) is 7.46. The summed E-state index contributed by atoms with van der Waals surface area (Å²) in [7, 11) is 0. The summed E-state index contributed by atoms with van der Waals surface area (Å²) < 4.78 is 8.09. The van der Waals surface area contributed by atoms with Gasteiger partial charge in [0.2, 0.25) is 5.17 Å². The predicted molar refractivity (Wildman–Crippen MR) is 148 cm³/mol. The number of nitrogens with zero attached hydrogens (tertiary/aromatic N) is 4. The molecule has 0 saturated carbocycles. The van der Waals surface area contributed by atoms with E-state index in [4.69, 9.17) is 10.1 Å². The van der Waals surface area contributed by atoms with Gasteiger partial charge in [0, 0.05) is 28.6 Å². The molecule has 3 aromatic rings. The molecule has 0 aliphatic carbocycles. The number of hydrogen-bond acceptors (Lipinski definition) is 5. The molecule has 7 nitrogen and oxygen atoms in total. The first-order valence-electron chi connectivity index (χ1n) is 12.3. The number of carbonyl (C=O) groups excluding carboxylic acids is 1. The lowest BCUT2D eigenvalue weighted by Gasteiger charge is -2.20. The number of aliphatic imine (C=N–C) groups is 1. The van der Waals surface area contributed by atoms with Crippen LogP contribution < -0.4 is 4.74 Å². The number of thioether (sulfide) groups is 1. The maximum atomic E-state index is 13.0. The molecule has 1 aromatic heterocycles. The summed E-state index contributed by atoms with van der Waals surface area (Å²) in [6.07, 6.45) is 5.69. The number of para-hydroxylation sites is 1. The molecule has 1 amide bonds. The first kappa shape index (κ1) is 24.1. The van der Waals surface area contributed by atoms with E-state index in [9.17, 15) is 4.79 Å². The van der Waals surface area contributed by atoms with Crippen LogP contribution in [0.5, 0.6) is 5.75 Å². The Kier molecular flexibility index (Phi) is 6.78. The maximum absolute atomic E-state index is 13.0. The van der Waals surface area contributed by atoms with Gasteiger partial charge in [-0.05, 0) is 61.4 Å². The molecule has 5 rings (SSSR count). The van der Waals surface area contributed by atoms with E-state index in [1.165, 1.54) is 16.8 Å². The molecule has 1 N–H and O–H groups in total. The summed E-state index contributed by atoms with van der Waals surface area (Å²) in [4.78, 5) is 17.2. The van der Waals surface area contributed by atoms with Crippen molar-refractivity contribution in [1.82, 2.24) is 9.58 Å². The molecule has 0 atom stereocenters. The normalized spacial score (nSPS) is 16.7. The van der Waals surface area contributed by atoms with Crippen LogP contribution in [0.25, 0.3) is 17.0 Å². The molecule has 2 aromatic carbocycles. The third-order valence-corrected chi connectivity index (χ3v) is 7.59. The van der Waals surface area contributed by atoms with Crippen LogP contribution in [0.3, 0.4) is 0 Å². The number of ether oxygens (including phenoxy) is 1. The second-order valence-electron chi connectivity index (χ2n) is 8.93. The standard InChI is InChI=1S/C28H29N5O2S/c1-4-19(5-2)27-31-33-25(29)23(26(34)30-28(33)36-27)16-20-17-32(24-12-7-6-11-22(20)24)13-14-35-21-10-8-9-18(3)15-21/h6-12,15-17,19,29H,4-5,13-14H2,1-3H3. The first-order valence-corrected chi connectivity index (χ1v) is 13.1. The monoisotopic (exact) mass is 499 g/mol. The van der Waals surface area contributed by atoms with Crippen molar-refractivity contribution >= 4 is 50.7 Å². The molecular formula is C28H29N5O2S. The average Bonchev–Trinajstić information content (AvgIpc) is 3.44. The molecule has 0 unspecified atom stereocenters. The summed E-state index contributed by atoms with van der Waals surface area (Å²) in [5.41, 5.74) is 3.31. The highest BCUT2D eigenvalue weighted by Gasteiger charge is 2.37. The van der Waals surface area contributed by atoms with Gasteiger partial charge in [-0.15, -0.1) is 0 Å². The van der Waals surface area contributed by atoms with Crippen molar-refractivity contribution in [3.63, 3.8) is 0 Å². The van der Waals surface area contributed by atoms with Crippen molar-refractivity contribution in [2.45, 2.75) is 40.2 Å². The van der Waals surface area contributed by atoms with Crippen LogP contribution in [0, 0.1) is 18.3 Å². The van der Waals surface area contributed by atoms with E-state index >= 15 is 0 Å². The Hall–Kier alpha value is -3.65. The molecule has 0 bridgehead atoms. The second kappa shape index (κ2) is 10.1. The van der Waals surface area contributed by atoms with Crippen LogP contribution in [0.1, 0.15) is 37.8 Å². The number of amides is 1. The molecule has 2 aliphatic heterocycles. The van der Waals surface area contributed by atoms with Crippen molar-refractivity contribution in [2.75, 3.05) is 6.61 Å². The number of hydrazone groups is 1. The number of fused-ring (bicyclic) bond motifs is 2. The van der Waals surface area contributed by atoms with Gasteiger partial charge in [-0.3, -0.25) is 10.2 Å². The topological polar surface area (TPSA) is 83.0 Å². The molecule has 0 radical (unpaired) electrons. The minimum absolute atomic E-state index is 0.0677. The Balaban J connectivity index is 1.42. The lowest BCUT2D eigenvalue weighted by atomic mass is 10.1. The Morgan fingerprint density at radius 1 is 1.14 bits per heavy atom. The van der Waals surface area contributed by atoms with Crippen molar-refractivity contribution in [3.05, 3.63) is 71.4 Å². The predicted octanol–water partition coefficient (Wildman–Crippen LogP) is 6.08. The van der Waals surface area contributed by atoms with Crippen LogP contribution in [-0.2, 0) is 11.3 Å². The smallest absolute Gasteiger partial charge is 0.283 e. The van der Waals surface area contributed by atoms with Gasteiger partial charge in [0.05, 0.1) is 12.1 Å². The van der Waals surface area contributed by atoms with E-state index in [1.807, 2.05) is 55.6 Å². The number of amidine groups is 2. The third-order valence-electron chi connectivity index (χ3n) is 6.51. The molecule has 0 spiro atoms. The van der Waals surface area contributed by atoms with Crippen molar-refractivity contribution in [1.29, 1.82) is 5.41 Å². The van der Waals surface area contributed by atoms with Crippen LogP contribution in [0.4, 0.5) is 0 Å². The SMILES string of the molecule is CCC(CC)C1=NN2C(=N)C(=Cc3cn(CCOc4cccc(C)c4)c4ccccc34)C(=O)N=C2S1. The number of rotatable bonds is 8. The Bertz CT molecular complexity index is 1430. The fraction of sp³-hybridized carbons (Fsp3) is 0.286. The fourth-order valence-corrected chi connectivity index (χ4v) is 5.66. The number of nitrogens with one attached hydrogen (secondary N) is 1. The number of benzene rings is 2. The summed E-state index contributed by atoms with van der Waals surface area (Å²) in [5.74, 6) is 0.816. The van der Waals surface area contributed by atoms with Crippen LogP contribution in [-0.4, -0.2) is 38.1 Å². The third kappa shape index (κ3) is 4.60. The zero-order valence-corrected chi connectivity index (χ0v) is 21.5. The van der Waals surface area contributed by atoms with E-state index in [-0.39, 0.29) is 11.4 Å². The Morgan fingerprint density at radius 2 is 1.94 bits per heavy atom. The van der Waals surface area contributed by atoms with Crippen molar-refractivity contribution < 1.29 is 9.53 Å². The van der Waals surface area contributed by atoms with E-state index in [1.54, 1.807) is 6.08 Å². The molecular weight excluding hydrogens is 470 g/mol. The molecule has 0 fully saturated rings. The Labute approximate surface area is 215 Å². The van der Waals surface area contributed by atoms with Gasteiger partial charge >= 0.3 is 0 Å². The van der Waals surface area contributed by atoms with Gasteiger partial charge in [0.15, 0.2) is 5.84 Å². The zero-order chi connectivity index (χ0) is 25.2. The van der Waals surface area contributed by atoms with Gasteiger partial charge in [0.1, 0.15) is 17.4 Å². The quantitative estimate of drug-likeness (QED) is 0.381. The molecule has 184 valence electrons. The average molecular weight is 500 g/mol. The molecule has 2 aliphatic rings. The molecule has 0 saturated heterocycles. The van der Waals surface area contributed by atoms with E-state index in [0.717, 1.165) is 45.7 Å². The van der Waals surface area contributed by atoms with Gasteiger partial charge in [-0.1, -0.05) is 44.2 Å². The summed E-state index contributed by atoms with van der Waals surface area (Å²) in [6, 6.07) is 16.1. The highest BCUT2D eigenvalue weighted by Crippen LogP contribution is 2.33. The van der Waals surface area contributed by atoms with Crippen LogP contribution in [0.2, 0.25) is 0 Å². The molecule has 8 heteroatoms.